The van der Waals surface area contributed by atoms with Crippen molar-refractivity contribution in [3.05, 3.63) is 29.6 Å². The molecule has 178 valence electrons. The van der Waals surface area contributed by atoms with Gasteiger partial charge in [-0.05, 0) is 70.4 Å². The zero-order chi connectivity index (χ0) is 23.5. The lowest BCUT2D eigenvalue weighted by Gasteiger charge is -2.27. The molecule has 2 fully saturated rings. The average Bonchev–Trinajstić information content (AvgIpc) is 3.60. The second-order valence-electron chi connectivity index (χ2n) is 9.14. The Bertz CT molecular complexity index is 985. The predicted octanol–water partition coefficient (Wildman–Crippen LogP) is 4.43. The van der Waals surface area contributed by atoms with Crippen LogP contribution in [0.25, 0.3) is 11.5 Å². The van der Waals surface area contributed by atoms with Crippen molar-refractivity contribution in [2.45, 2.75) is 71.1 Å². The molecule has 2 aromatic heterocycles. The Morgan fingerprint density at radius 2 is 2.06 bits per heavy atom. The van der Waals surface area contributed by atoms with Gasteiger partial charge in [0.25, 0.3) is 0 Å². The molecule has 0 radical (unpaired) electrons. The molecule has 2 saturated carbocycles. The largest absolute Gasteiger partial charge is 0.489 e. The Labute approximate surface area is 193 Å². The van der Waals surface area contributed by atoms with Crippen LogP contribution in [0.5, 0.6) is 5.75 Å². The van der Waals surface area contributed by atoms with E-state index in [4.69, 9.17) is 14.0 Å². The van der Waals surface area contributed by atoms with Gasteiger partial charge in [-0.2, -0.15) is 0 Å². The van der Waals surface area contributed by atoms with E-state index in [1.54, 1.807) is 37.2 Å². The van der Waals surface area contributed by atoms with Crippen molar-refractivity contribution in [3.63, 3.8) is 0 Å². The van der Waals surface area contributed by atoms with Gasteiger partial charge in [0.15, 0.2) is 5.76 Å². The van der Waals surface area contributed by atoms with Gasteiger partial charge in [-0.1, -0.05) is 5.16 Å². The molecule has 9 nitrogen and oxygen atoms in total. The Kier molecular flexibility index (Phi) is 6.85. The number of aliphatic carboxylic acids is 1. The van der Waals surface area contributed by atoms with Crippen molar-refractivity contribution in [3.8, 4) is 17.2 Å². The van der Waals surface area contributed by atoms with E-state index in [1.807, 2.05) is 6.92 Å². The third kappa shape index (κ3) is 5.46. The normalized spacial score (nSPS) is 21.3. The average molecular weight is 458 g/mol. The molecule has 0 bridgehead atoms. The summed E-state index contributed by atoms with van der Waals surface area (Å²) in [5, 5.41) is 13.3. The molecule has 0 aromatic carbocycles. The SMILES string of the molecule is Cc1noc(-c2ccc(O[C@H]3CCC[C@H](C(=O)O)C3)cn2)c1COC(=O)N(C)[C@@H](C)C1CC1. The van der Waals surface area contributed by atoms with Gasteiger partial charge < -0.3 is 24.0 Å². The molecular formula is C24H31N3O6. The summed E-state index contributed by atoms with van der Waals surface area (Å²) >= 11 is 0. The summed E-state index contributed by atoms with van der Waals surface area (Å²) in [6, 6.07) is 3.70. The Morgan fingerprint density at radius 1 is 1.27 bits per heavy atom. The minimum Gasteiger partial charge on any atom is -0.489 e. The number of carbonyl (C=O) groups is 2. The summed E-state index contributed by atoms with van der Waals surface area (Å²) < 4.78 is 17.0. The van der Waals surface area contributed by atoms with Gasteiger partial charge in [-0.25, -0.2) is 9.78 Å². The number of pyridine rings is 1. The first-order chi connectivity index (χ1) is 15.8. The summed E-state index contributed by atoms with van der Waals surface area (Å²) in [4.78, 5) is 29.8. The second-order valence-corrected chi connectivity index (χ2v) is 9.14. The van der Waals surface area contributed by atoms with E-state index in [1.165, 1.54) is 0 Å². The first-order valence-corrected chi connectivity index (χ1v) is 11.5. The molecule has 2 aromatic rings. The quantitative estimate of drug-likeness (QED) is 0.619. The van der Waals surface area contributed by atoms with E-state index in [9.17, 15) is 14.7 Å². The highest BCUT2D eigenvalue weighted by atomic mass is 16.6. The van der Waals surface area contributed by atoms with Gasteiger partial charge in [-0.15, -0.1) is 0 Å². The number of hydrogen-bond acceptors (Lipinski definition) is 7. The third-order valence-corrected chi connectivity index (χ3v) is 6.77. The number of carboxylic acids is 1. The molecule has 0 unspecified atom stereocenters. The number of aromatic nitrogens is 2. The van der Waals surface area contributed by atoms with Crippen LogP contribution in [0.2, 0.25) is 0 Å². The Morgan fingerprint density at radius 3 is 2.73 bits per heavy atom. The number of aryl methyl sites for hydroxylation is 1. The van der Waals surface area contributed by atoms with E-state index < -0.39 is 5.97 Å². The van der Waals surface area contributed by atoms with Crippen molar-refractivity contribution in [1.82, 2.24) is 15.0 Å². The van der Waals surface area contributed by atoms with Crippen molar-refractivity contribution >= 4 is 12.1 Å². The fourth-order valence-corrected chi connectivity index (χ4v) is 4.31. The van der Waals surface area contributed by atoms with Gasteiger partial charge in [0.2, 0.25) is 0 Å². The zero-order valence-electron chi connectivity index (χ0n) is 19.3. The van der Waals surface area contributed by atoms with Gasteiger partial charge in [0, 0.05) is 13.1 Å². The lowest BCUT2D eigenvalue weighted by atomic mass is 9.87. The van der Waals surface area contributed by atoms with Crippen LogP contribution >= 0.6 is 0 Å². The lowest BCUT2D eigenvalue weighted by Crippen LogP contribution is -2.36. The third-order valence-electron chi connectivity index (χ3n) is 6.77. The zero-order valence-corrected chi connectivity index (χ0v) is 19.3. The number of rotatable bonds is 8. The van der Waals surface area contributed by atoms with Crippen LogP contribution in [0.1, 0.15) is 56.7 Å². The van der Waals surface area contributed by atoms with Crippen LogP contribution in [-0.4, -0.2) is 51.4 Å². The molecule has 33 heavy (non-hydrogen) atoms. The van der Waals surface area contributed by atoms with Crippen LogP contribution in [-0.2, 0) is 16.1 Å². The second kappa shape index (κ2) is 9.80. The number of ether oxygens (including phenoxy) is 2. The maximum Gasteiger partial charge on any atom is 0.410 e. The molecule has 0 saturated heterocycles. The summed E-state index contributed by atoms with van der Waals surface area (Å²) in [5.74, 6) is 0.468. The van der Waals surface area contributed by atoms with Crippen molar-refractivity contribution in [2.24, 2.45) is 11.8 Å². The van der Waals surface area contributed by atoms with Gasteiger partial charge >= 0.3 is 12.1 Å². The molecule has 0 aliphatic heterocycles. The standard InChI is InChI=1S/C24H31N3O6/c1-14-20(13-31-24(30)27(3)15(2)16-7-8-16)22(33-26-14)21-10-9-19(12-25-21)32-18-6-4-5-17(11-18)23(28)29/h9-10,12,15-18H,4-8,11,13H2,1-3H3,(H,28,29)/t15-,17-,18-/m0/s1. The fourth-order valence-electron chi connectivity index (χ4n) is 4.31. The highest BCUT2D eigenvalue weighted by molar-refractivity contribution is 5.70. The number of amides is 1. The van der Waals surface area contributed by atoms with E-state index in [-0.39, 0.29) is 30.8 Å². The molecule has 4 rings (SSSR count). The molecule has 3 atom stereocenters. The van der Waals surface area contributed by atoms with E-state index in [2.05, 4.69) is 10.1 Å². The molecule has 2 aliphatic carbocycles. The van der Waals surface area contributed by atoms with Crippen LogP contribution in [0.4, 0.5) is 4.79 Å². The fraction of sp³-hybridized carbons (Fsp3) is 0.583. The van der Waals surface area contributed by atoms with Gasteiger partial charge in [0.05, 0.1) is 29.5 Å². The van der Waals surface area contributed by atoms with Crippen molar-refractivity contribution in [1.29, 1.82) is 0 Å². The van der Waals surface area contributed by atoms with Crippen LogP contribution in [0.3, 0.4) is 0 Å². The molecule has 1 amide bonds. The maximum atomic E-state index is 12.5. The first kappa shape index (κ1) is 23.1. The van der Waals surface area contributed by atoms with Crippen molar-refractivity contribution in [2.75, 3.05) is 7.05 Å². The van der Waals surface area contributed by atoms with Crippen LogP contribution in [0.15, 0.2) is 22.9 Å². The minimum atomic E-state index is -0.765. The van der Waals surface area contributed by atoms with Crippen molar-refractivity contribution < 1.29 is 28.7 Å². The number of carboxylic acid groups (broad SMARTS) is 1. The first-order valence-electron chi connectivity index (χ1n) is 11.5. The van der Waals surface area contributed by atoms with Crippen LogP contribution in [0, 0.1) is 18.8 Å². The van der Waals surface area contributed by atoms with Crippen LogP contribution < -0.4 is 4.74 Å². The van der Waals surface area contributed by atoms with Gasteiger partial charge in [0.1, 0.15) is 18.1 Å². The number of carbonyl (C=O) groups excluding carboxylic acids is 1. The molecule has 0 spiro atoms. The minimum absolute atomic E-state index is 0.0454. The molecular weight excluding hydrogens is 426 g/mol. The highest BCUT2D eigenvalue weighted by Crippen LogP contribution is 2.35. The lowest BCUT2D eigenvalue weighted by molar-refractivity contribution is -0.143. The van der Waals surface area contributed by atoms with Gasteiger partial charge in [-0.3, -0.25) is 4.79 Å². The topological polar surface area (TPSA) is 115 Å². The predicted molar refractivity (Wildman–Crippen MR) is 119 cm³/mol. The summed E-state index contributed by atoms with van der Waals surface area (Å²) in [6.45, 7) is 3.88. The van der Waals surface area contributed by atoms with E-state index in [0.717, 1.165) is 25.7 Å². The van der Waals surface area contributed by atoms with E-state index in [0.29, 0.717) is 47.2 Å². The summed E-state index contributed by atoms with van der Waals surface area (Å²) in [5.41, 5.74) is 1.87. The monoisotopic (exact) mass is 457 g/mol. The molecule has 9 heteroatoms. The molecule has 2 aliphatic rings. The highest BCUT2D eigenvalue weighted by Gasteiger charge is 2.33. The number of nitrogens with zero attached hydrogens (tertiary/aromatic N) is 3. The number of hydrogen-bond donors (Lipinski definition) is 1. The maximum absolute atomic E-state index is 12.5. The Hall–Kier alpha value is -3.10. The van der Waals surface area contributed by atoms with E-state index >= 15 is 0 Å². The summed E-state index contributed by atoms with van der Waals surface area (Å²) in [6.07, 6.45) is 6.26. The summed E-state index contributed by atoms with van der Waals surface area (Å²) in [7, 11) is 1.76. The molecule has 2 heterocycles. The Balaban J connectivity index is 1.38. The smallest absolute Gasteiger partial charge is 0.410 e. The molecule has 1 N–H and O–H groups in total.